The fraction of sp³-hybridized carbons (Fsp3) is 0.526. The molecule has 1 aromatic carbocycles. The van der Waals surface area contributed by atoms with Gasteiger partial charge in [0.15, 0.2) is 0 Å². The van der Waals surface area contributed by atoms with Gasteiger partial charge in [-0.1, -0.05) is 31.2 Å². The van der Waals surface area contributed by atoms with Gasteiger partial charge in [0.05, 0.1) is 5.75 Å². The van der Waals surface area contributed by atoms with E-state index < -0.39 is 33.5 Å². The largest absolute Gasteiger partial charge is 0.351 e. The highest BCUT2D eigenvalue weighted by Gasteiger charge is 2.43. The van der Waals surface area contributed by atoms with Gasteiger partial charge in [0.1, 0.15) is 11.6 Å². The van der Waals surface area contributed by atoms with Crippen LogP contribution in [0.2, 0.25) is 0 Å². The molecule has 0 unspecified atom stereocenters. The number of carbonyl (C=O) groups is 3. The quantitative estimate of drug-likeness (QED) is 0.554. The van der Waals surface area contributed by atoms with Gasteiger partial charge < -0.3 is 10.6 Å². The molecule has 2 atom stereocenters. The van der Waals surface area contributed by atoms with Crippen LogP contribution in [0.1, 0.15) is 44.2 Å². The van der Waals surface area contributed by atoms with Crippen LogP contribution in [0, 0.1) is 0 Å². The number of rotatable bonds is 7. The molecule has 4 amide bonds. The standard InChI is InChI=1S/C19H26N4O5S/c1-3-11-29(27,28)23-10-4-5-15(23)16(24)20-12-13-6-8-14(9-7-13)19(2)17(25)21-18(26)22-19/h6-9,15H,3-5,10-12H2,1-2H3,(H,20,24)(H2,21,22,25,26)/t15-,19+/m1/s1. The maximum absolute atomic E-state index is 12.6. The number of imide groups is 1. The van der Waals surface area contributed by atoms with Crippen LogP contribution in [0.3, 0.4) is 0 Å². The second-order valence-corrected chi connectivity index (χ2v) is 9.57. The van der Waals surface area contributed by atoms with Gasteiger partial charge in [-0.3, -0.25) is 14.9 Å². The molecule has 0 aliphatic carbocycles. The zero-order chi connectivity index (χ0) is 21.2. The molecule has 0 bridgehead atoms. The summed E-state index contributed by atoms with van der Waals surface area (Å²) in [5.74, 6) is -0.681. The number of hydrogen-bond acceptors (Lipinski definition) is 5. The molecule has 1 aromatic rings. The third kappa shape index (κ3) is 4.27. The van der Waals surface area contributed by atoms with Crippen molar-refractivity contribution in [3.63, 3.8) is 0 Å². The van der Waals surface area contributed by atoms with Crippen LogP contribution >= 0.6 is 0 Å². The molecule has 0 aromatic heterocycles. The molecule has 0 spiro atoms. The van der Waals surface area contributed by atoms with Crippen molar-refractivity contribution < 1.29 is 22.8 Å². The molecular formula is C19H26N4O5S. The third-order valence-corrected chi connectivity index (χ3v) is 7.44. The van der Waals surface area contributed by atoms with E-state index in [2.05, 4.69) is 16.0 Å². The first-order valence-corrected chi connectivity index (χ1v) is 11.3. The Bertz CT molecular complexity index is 915. The highest BCUT2D eigenvalue weighted by molar-refractivity contribution is 7.89. The van der Waals surface area contributed by atoms with E-state index in [9.17, 15) is 22.8 Å². The Morgan fingerprint density at radius 2 is 1.97 bits per heavy atom. The lowest BCUT2D eigenvalue weighted by molar-refractivity contribution is -0.124. The SMILES string of the molecule is CCCS(=O)(=O)N1CCC[C@@H]1C(=O)NCc1ccc([C@]2(C)NC(=O)NC2=O)cc1. The lowest BCUT2D eigenvalue weighted by Gasteiger charge is -2.23. The van der Waals surface area contributed by atoms with Gasteiger partial charge in [-0.15, -0.1) is 0 Å². The van der Waals surface area contributed by atoms with Crippen molar-refractivity contribution in [1.29, 1.82) is 0 Å². The summed E-state index contributed by atoms with van der Waals surface area (Å²) in [7, 11) is -3.42. The normalized spacial score (nSPS) is 25.0. The Morgan fingerprint density at radius 3 is 2.55 bits per heavy atom. The third-order valence-electron chi connectivity index (χ3n) is 5.37. The number of carbonyl (C=O) groups excluding carboxylic acids is 3. The first kappa shape index (κ1) is 21.3. The van der Waals surface area contributed by atoms with E-state index in [-0.39, 0.29) is 18.2 Å². The van der Waals surface area contributed by atoms with Crippen LogP contribution in [-0.4, -0.2) is 48.9 Å². The molecule has 10 heteroatoms. The van der Waals surface area contributed by atoms with Crippen molar-refractivity contribution in [1.82, 2.24) is 20.3 Å². The maximum Gasteiger partial charge on any atom is 0.322 e. The average Bonchev–Trinajstić information content (AvgIpc) is 3.26. The summed E-state index contributed by atoms with van der Waals surface area (Å²) in [4.78, 5) is 36.0. The van der Waals surface area contributed by atoms with Crippen LogP contribution in [-0.2, 0) is 31.7 Å². The summed E-state index contributed by atoms with van der Waals surface area (Å²) in [6, 6.07) is 5.77. The monoisotopic (exact) mass is 422 g/mol. The van der Waals surface area contributed by atoms with Crippen molar-refractivity contribution in [3.8, 4) is 0 Å². The van der Waals surface area contributed by atoms with Gasteiger partial charge in [-0.2, -0.15) is 4.31 Å². The van der Waals surface area contributed by atoms with Gasteiger partial charge >= 0.3 is 6.03 Å². The van der Waals surface area contributed by atoms with Gasteiger partial charge in [0.2, 0.25) is 15.9 Å². The smallest absolute Gasteiger partial charge is 0.322 e. The van der Waals surface area contributed by atoms with Crippen LogP contribution in [0.15, 0.2) is 24.3 Å². The molecular weight excluding hydrogens is 396 g/mol. The molecule has 3 N–H and O–H groups in total. The summed E-state index contributed by atoms with van der Waals surface area (Å²) in [5, 5.41) is 7.62. The van der Waals surface area contributed by atoms with Gasteiger partial charge in [-0.25, -0.2) is 13.2 Å². The number of sulfonamides is 1. The first-order valence-electron chi connectivity index (χ1n) is 9.67. The predicted octanol–water partition coefficient (Wildman–Crippen LogP) is 0.562. The van der Waals surface area contributed by atoms with Crippen molar-refractivity contribution >= 4 is 27.9 Å². The van der Waals surface area contributed by atoms with Crippen LogP contribution in [0.4, 0.5) is 4.79 Å². The molecule has 2 fully saturated rings. The summed E-state index contributed by atoms with van der Waals surface area (Å²) >= 11 is 0. The Labute approximate surface area is 170 Å². The highest BCUT2D eigenvalue weighted by atomic mass is 32.2. The minimum atomic E-state index is -3.42. The van der Waals surface area contributed by atoms with Gasteiger partial charge in [0, 0.05) is 13.1 Å². The van der Waals surface area contributed by atoms with E-state index in [0.717, 1.165) is 5.56 Å². The number of benzene rings is 1. The summed E-state index contributed by atoms with van der Waals surface area (Å²) < 4.78 is 26.0. The van der Waals surface area contributed by atoms with Crippen molar-refractivity contribution in [3.05, 3.63) is 35.4 Å². The minimum Gasteiger partial charge on any atom is -0.351 e. The number of nitrogens with one attached hydrogen (secondary N) is 3. The van der Waals surface area contributed by atoms with Gasteiger partial charge in [-0.05, 0) is 37.3 Å². The van der Waals surface area contributed by atoms with E-state index in [1.54, 1.807) is 38.1 Å². The van der Waals surface area contributed by atoms with E-state index in [4.69, 9.17) is 0 Å². The van der Waals surface area contributed by atoms with Crippen molar-refractivity contribution in [2.75, 3.05) is 12.3 Å². The lowest BCUT2D eigenvalue weighted by Crippen LogP contribution is -2.46. The fourth-order valence-corrected chi connectivity index (χ4v) is 5.47. The molecule has 3 rings (SSSR count). The Hall–Kier alpha value is -2.46. The number of hydrogen-bond donors (Lipinski definition) is 3. The molecule has 2 aliphatic heterocycles. The van der Waals surface area contributed by atoms with Crippen LogP contribution in [0.5, 0.6) is 0 Å². The predicted molar refractivity (Wildman–Crippen MR) is 106 cm³/mol. The second-order valence-electron chi connectivity index (χ2n) is 7.53. The first-order chi connectivity index (χ1) is 13.7. The molecule has 2 saturated heterocycles. The molecule has 0 radical (unpaired) electrons. The van der Waals surface area contributed by atoms with E-state index >= 15 is 0 Å². The van der Waals surface area contributed by atoms with Crippen molar-refractivity contribution in [2.24, 2.45) is 0 Å². The molecule has 9 nitrogen and oxygen atoms in total. The molecule has 29 heavy (non-hydrogen) atoms. The molecule has 2 aliphatic rings. The highest BCUT2D eigenvalue weighted by Crippen LogP contribution is 2.25. The second kappa shape index (κ2) is 8.11. The lowest BCUT2D eigenvalue weighted by atomic mass is 9.91. The van der Waals surface area contributed by atoms with Crippen LogP contribution in [0.25, 0.3) is 0 Å². The Morgan fingerprint density at radius 1 is 1.28 bits per heavy atom. The number of urea groups is 1. The Balaban J connectivity index is 1.62. The topological polar surface area (TPSA) is 125 Å². The van der Waals surface area contributed by atoms with Crippen molar-refractivity contribution in [2.45, 2.75) is 51.2 Å². The fourth-order valence-electron chi connectivity index (χ4n) is 3.72. The number of amides is 4. The molecule has 158 valence electrons. The maximum atomic E-state index is 12.6. The van der Waals surface area contributed by atoms with E-state index in [0.29, 0.717) is 31.4 Å². The zero-order valence-electron chi connectivity index (χ0n) is 16.5. The summed E-state index contributed by atoms with van der Waals surface area (Å²) in [5.41, 5.74) is 0.302. The number of nitrogens with zero attached hydrogens (tertiary/aromatic N) is 1. The van der Waals surface area contributed by atoms with E-state index in [1.165, 1.54) is 4.31 Å². The molecule has 0 saturated carbocycles. The van der Waals surface area contributed by atoms with E-state index in [1.807, 2.05) is 0 Å². The van der Waals surface area contributed by atoms with Gasteiger partial charge in [0.25, 0.3) is 5.91 Å². The Kier molecular flexibility index (Phi) is 5.95. The summed E-state index contributed by atoms with van der Waals surface area (Å²) in [6.07, 6.45) is 1.69. The summed E-state index contributed by atoms with van der Waals surface area (Å²) in [6.45, 7) is 4.04. The minimum absolute atomic E-state index is 0.0428. The molecule has 2 heterocycles. The van der Waals surface area contributed by atoms with Crippen LogP contribution < -0.4 is 16.0 Å². The zero-order valence-corrected chi connectivity index (χ0v) is 17.3. The average molecular weight is 423 g/mol.